The van der Waals surface area contributed by atoms with E-state index in [0.717, 1.165) is 16.6 Å². The van der Waals surface area contributed by atoms with Gasteiger partial charge in [0.25, 0.3) is 0 Å². The lowest BCUT2D eigenvalue weighted by Gasteiger charge is -2.32. The summed E-state index contributed by atoms with van der Waals surface area (Å²) in [5, 5.41) is 2.09. The summed E-state index contributed by atoms with van der Waals surface area (Å²) in [5.41, 5.74) is 2.03. The van der Waals surface area contributed by atoms with Crippen molar-refractivity contribution in [3.63, 3.8) is 0 Å². The molecule has 0 N–H and O–H groups in total. The van der Waals surface area contributed by atoms with Crippen LogP contribution < -0.4 is 5.19 Å². The lowest BCUT2D eigenvalue weighted by molar-refractivity contribution is 0.00578. The van der Waals surface area contributed by atoms with Crippen LogP contribution in [-0.2, 0) is 9.31 Å². The summed E-state index contributed by atoms with van der Waals surface area (Å²) in [6, 6.07) is 18.8. The third-order valence-electron chi connectivity index (χ3n) is 5.81. The van der Waals surface area contributed by atoms with Crippen molar-refractivity contribution >= 4 is 42.5 Å². The summed E-state index contributed by atoms with van der Waals surface area (Å²) < 4.78 is 12.7. The molecule has 2 aromatic rings. The van der Waals surface area contributed by atoms with Crippen LogP contribution >= 0.6 is 11.6 Å². The van der Waals surface area contributed by atoms with Gasteiger partial charge in [-0.3, -0.25) is 0 Å². The zero-order valence-corrected chi connectivity index (χ0v) is 19.7. The Kier molecular flexibility index (Phi) is 5.72. The molecule has 2 nitrogen and oxygen atoms in total. The first-order chi connectivity index (χ1) is 12.9. The molecule has 28 heavy (non-hydrogen) atoms. The predicted molar refractivity (Wildman–Crippen MR) is 125 cm³/mol. The lowest BCUT2D eigenvalue weighted by Crippen LogP contribution is -2.41. The van der Waals surface area contributed by atoms with Gasteiger partial charge in [0.2, 0.25) is 0 Å². The SMILES string of the molecule is CC1(C)OB(/C(=C(\Cl)c2ccc([Si](C)(C)C)cc2)c2ccccc2)OC1(C)C. The van der Waals surface area contributed by atoms with E-state index in [-0.39, 0.29) is 0 Å². The second kappa shape index (κ2) is 7.49. The summed E-state index contributed by atoms with van der Waals surface area (Å²) in [6.07, 6.45) is 0. The van der Waals surface area contributed by atoms with Gasteiger partial charge in [0.1, 0.15) is 0 Å². The highest BCUT2D eigenvalue weighted by molar-refractivity contribution is 6.88. The van der Waals surface area contributed by atoms with Crippen molar-refractivity contribution in [3.05, 3.63) is 65.7 Å². The fourth-order valence-corrected chi connectivity index (χ4v) is 4.71. The first kappa shape index (κ1) is 21.4. The van der Waals surface area contributed by atoms with Gasteiger partial charge in [-0.2, -0.15) is 0 Å². The zero-order chi connectivity index (χ0) is 20.7. The summed E-state index contributed by atoms with van der Waals surface area (Å²) >= 11 is 6.97. The Morgan fingerprint density at radius 2 is 1.29 bits per heavy atom. The fraction of sp³-hybridized carbons (Fsp3) is 0.391. The Hall–Kier alpha value is -1.33. The van der Waals surface area contributed by atoms with Crippen molar-refractivity contribution in [3.8, 4) is 0 Å². The highest BCUT2D eigenvalue weighted by Gasteiger charge is 2.53. The van der Waals surface area contributed by atoms with E-state index in [0.29, 0.717) is 5.03 Å². The first-order valence-corrected chi connectivity index (χ1v) is 13.7. The van der Waals surface area contributed by atoms with Crippen LogP contribution in [0.25, 0.3) is 10.5 Å². The first-order valence-electron chi connectivity index (χ1n) is 9.84. The Morgan fingerprint density at radius 1 is 0.786 bits per heavy atom. The molecular weight excluding hydrogens is 383 g/mol. The molecular formula is C23H30BClO2Si. The maximum absolute atomic E-state index is 6.97. The Labute approximate surface area is 176 Å². The predicted octanol–water partition coefficient (Wildman–Crippen LogP) is 5.97. The normalized spacial score (nSPS) is 19.5. The minimum atomic E-state index is -1.35. The van der Waals surface area contributed by atoms with Crippen molar-refractivity contribution in [2.45, 2.75) is 58.5 Å². The van der Waals surface area contributed by atoms with Crippen LogP contribution in [0.2, 0.25) is 19.6 Å². The molecule has 3 rings (SSSR count). The number of halogens is 1. The molecule has 0 radical (unpaired) electrons. The number of hydrogen-bond acceptors (Lipinski definition) is 2. The molecule has 1 fully saturated rings. The third-order valence-corrected chi connectivity index (χ3v) is 8.30. The smallest absolute Gasteiger partial charge is 0.399 e. The van der Waals surface area contributed by atoms with Crippen LogP contribution in [-0.4, -0.2) is 26.4 Å². The van der Waals surface area contributed by atoms with Crippen LogP contribution in [0.3, 0.4) is 0 Å². The standard InChI is InChI=1S/C23H30BClO2Si/c1-22(2)23(3,4)27-24(26-22)20(17-11-9-8-10-12-17)21(25)18-13-15-19(16-14-18)28(5,6)7/h8-16H,1-7H3/b21-20-. The maximum Gasteiger partial charge on any atom is 0.497 e. The van der Waals surface area contributed by atoms with Crippen LogP contribution in [0.4, 0.5) is 0 Å². The summed E-state index contributed by atoms with van der Waals surface area (Å²) in [6.45, 7) is 15.3. The van der Waals surface area contributed by atoms with Gasteiger partial charge < -0.3 is 9.31 Å². The molecule has 2 aromatic carbocycles. The molecule has 148 valence electrons. The van der Waals surface area contributed by atoms with Crippen molar-refractivity contribution in [1.82, 2.24) is 0 Å². The molecule has 1 heterocycles. The second-order valence-corrected chi connectivity index (χ2v) is 15.0. The van der Waals surface area contributed by atoms with Crippen LogP contribution in [0.15, 0.2) is 54.6 Å². The topological polar surface area (TPSA) is 18.5 Å². The molecule has 5 heteroatoms. The van der Waals surface area contributed by atoms with Gasteiger partial charge in [0.05, 0.1) is 19.3 Å². The van der Waals surface area contributed by atoms with E-state index in [2.05, 4.69) is 83.7 Å². The molecule has 1 saturated heterocycles. The average Bonchev–Trinajstić information content (AvgIpc) is 2.82. The third kappa shape index (κ3) is 4.16. The number of rotatable bonds is 4. The van der Waals surface area contributed by atoms with Gasteiger partial charge in [0.15, 0.2) is 0 Å². The van der Waals surface area contributed by atoms with E-state index >= 15 is 0 Å². The van der Waals surface area contributed by atoms with Gasteiger partial charge in [-0.1, -0.05) is 91.0 Å². The Bertz CT molecular complexity index is 852. The van der Waals surface area contributed by atoms with Crippen LogP contribution in [0.1, 0.15) is 38.8 Å². The molecule has 1 aliphatic rings. The molecule has 0 atom stereocenters. The summed E-state index contributed by atoms with van der Waals surface area (Å²) in [7, 11) is -1.87. The minimum Gasteiger partial charge on any atom is -0.399 e. The van der Waals surface area contributed by atoms with E-state index in [4.69, 9.17) is 20.9 Å². The van der Waals surface area contributed by atoms with E-state index in [1.807, 2.05) is 18.2 Å². The Morgan fingerprint density at radius 3 is 1.75 bits per heavy atom. The van der Waals surface area contributed by atoms with E-state index < -0.39 is 26.4 Å². The summed E-state index contributed by atoms with van der Waals surface area (Å²) in [5.74, 6) is 0. The molecule has 0 amide bonds. The van der Waals surface area contributed by atoms with Gasteiger partial charge >= 0.3 is 7.12 Å². The molecule has 0 bridgehead atoms. The maximum atomic E-state index is 6.97. The van der Waals surface area contributed by atoms with Crippen LogP contribution in [0.5, 0.6) is 0 Å². The monoisotopic (exact) mass is 412 g/mol. The molecule has 0 aromatic heterocycles. The quantitative estimate of drug-likeness (QED) is 0.455. The second-order valence-electron chi connectivity index (χ2n) is 9.51. The van der Waals surface area contributed by atoms with Gasteiger partial charge in [0, 0.05) is 10.5 Å². The van der Waals surface area contributed by atoms with E-state index in [9.17, 15) is 0 Å². The molecule has 0 aliphatic carbocycles. The van der Waals surface area contributed by atoms with Gasteiger partial charge in [-0.15, -0.1) is 0 Å². The molecule has 0 saturated carbocycles. The number of benzene rings is 2. The van der Waals surface area contributed by atoms with Crippen molar-refractivity contribution in [2.75, 3.05) is 0 Å². The number of hydrogen-bond donors (Lipinski definition) is 0. The lowest BCUT2D eigenvalue weighted by atomic mass is 9.73. The minimum absolute atomic E-state index is 0.420. The highest BCUT2D eigenvalue weighted by atomic mass is 35.5. The van der Waals surface area contributed by atoms with Crippen molar-refractivity contribution in [1.29, 1.82) is 0 Å². The van der Waals surface area contributed by atoms with Gasteiger partial charge in [-0.05, 0) is 38.8 Å². The zero-order valence-electron chi connectivity index (χ0n) is 18.0. The van der Waals surface area contributed by atoms with Crippen molar-refractivity contribution in [2.24, 2.45) is 0 Å². The van der Waals surface area contributed by atoms with E-state index in [1.165, 1.54) is 5.19 Å². The summed E-state index contributed by atoms with van der Waals surface area (Å²) in [4.78, 5) is 0. The largest absolute Gasteiger partial charge is 0.497 e. The molecule has 0 unspecified atom stereocenters. The van der Waals surface area contributed by atoms with Gasteiger partial charge in [-0.25, -0.2) is 0 Å². The average molecular weight is 413 g/mol. The Balaban J connectivity index is 2.09. The van der Waals surface area contributed by atoms with Crippen molar-refractivity contribution < 1.29 is 9.31 Å². The molecule has 0 spiro atoms. The van der Waals surface area contributed by atoms with Crippen LogP contribution in [0, 0.1) is 0 Å². The fourth-order valence-electron chi connectivity index (χ4n) is 3.22. The van der Waals surface area contributed by atoms with E-state index in [1.54, 1.807) is 0 Å². The molecule has 1 aliphatic heterocycles. The highest BCUT2D eigenvalue weighted by Crippen LogP contribution is 2.43.